The van der Waals surface area contributed by atoms with E-state index in [1.807, 2.05) is 36.4 Å². The summed E-state index contributed by atoms with van der Waals surface area (Å²) in [4.78, 5) is 38.6. The molecule has 1 fully saturated rings. The van der Waals surface area contributed by atoms with Crippen LogP contribution in [0, 0.1) is 0 Å². The topological polar surface area (TPSA) is 72.9 Å². The average Bonchev–Trinajstić information content (AvgIpc) is 3.10. The number of halogens is 1. The summed E-state index contributed by atoms with van der Waals surface area (Å²) in [5, 5.41) is 1.78. The second-order valence-electron chi connectivity index (χ2n) is 7.63. The summed E-state index contributed by atoms with van der Waals surface area (Å²) in [7, 11) is 0. The van der Waals surface area contributed by atoms with Gasteiger partial charge in [-0.2, -0.15) is 0 Å². The summed E-state index contributed by atoms with van der Waals surface area (Å²) in [6.07, 6.45) is 1.61. The van der Waals surface area contributed by atoms with Crippen molar-refractivity contribution in [2.75, 3.05) is 6.61 Å². The fourth-order valence-corrected chi connectivity index (χ4v) is 4.85. The number of nitrogens with zero attached hydrogens (tertiary/aromatic N) is 1. The van der Waals surface area contributed by atoms with Gasteiger partial charge in [-0.05, 0) is 72.3 Å². The maximum absolute atomic E-state index is 12.9. The van der Waals surface area contributed by atoms with E-state index >= 15 is 0 Å². The third kappa shape index (κ3) is 5.18. The van der Waals surface area contributed by atoms with E-state index in [4.69, 9.17) is 9.47 Å². The Bertz CT molecular complexity index is 1310. The SMILES string of the molecule is CCOC(=O)[C@H](C)N1C(=O)S/C(=C/c2cc(Br)ccc2OCc2ccc3ccccc3c2)C1=O. The number of ether oxygens (including phenoxy) is 2. The van der Waals surface area contributed by atoms with Crippen molar-refractivity contribution in [3.8, 4) is 5.75 Å². The lowest BCUT2D eigenvalue weighted by Crippen LogP contribution is -2.42. The Kier molecular flexibility index (Phi) is 7.38. The van der Waals surface area contributed by atoms with Crippen LogP contribution in [0.1, 0.15) is 25.0 Å². The lowest BCUT2D eigenvalue weighted by molar-refractivity contribution is -0.150. The van der Waals surface area contributed by atoms with Gasteiger partial charge in [0.2, 0.25) is 0 Å². The van der Waals surface area contributed by atoms with Crippen molar-refractivity contribution in [3.63, 3.8) is 0 Å². The Morgan fingerprint density at radius 2 is 1.85 bits per heavy atom. The number of thioether (sulfide) groups is 1. The highest BCUT2D eigenvalue weighted by Gasteiger charge is 2.41. The van der Waals surface area contributed by atoms with Crippen molar-refractivity contribution in [1.82, 2.24) is 4.90 Å². The summed E-state index contributed by atoms with van der Waals surface area (Å²) >= 11 is 4.24. The normalized spacial score (nSPS) is 15.7. The van der Waals surface area contributed by atoms with Gasteiger partial charge >= 0.3 is 5.97 Å². The first-order valence-electron chi connectivity index (χ1n) is 10.7. The van der Waals surface area contributed by atoms with Crippen LogP contribution in [-0.4, -0.2) is 34.7 Å². The molecule has 0 spiro atoms. The molecule has 0 aromatic heterocycles. The smallest absolute Gasteiger partial charge is 0.329 e. The lowest BCUT2D eigenvalue weighted by atomic mass is 10.1. The van der Waals surface area contributed by atoms with Crippen molar-refractivity contribution in [2.24, 2.45) is 0 Å². The van der Waals surface area contributed by atoms with Gasteiger partial charge in [0.25, 0.3) is 11.1 Å². The number of hydrogen-bond donors (Lipinski definition) is 0. The molecule has 1 heterocycles. The summed E-state index contributed by atoms with van der Waals surface area (Å²) in [5.41, 5.74) is 1.65. The van der Waals surface area contributed by atoms with E-state index in [2.05, 4.69) is 40.2 Å². The van der Waals surface area contributed by atoms with E-state index < -0.39 is 23.2 Å². The Morgan fingerprint density at radius 3 is 2.62 bits per heavy atom. The number of carbonyl (C=O) groups excluding carboxylic acids is 3. The van der Waals surface area contributed by atoms with Crippen LogP contribution in [0.4, 0.5) is 4.79 Å². The van der Waals surface area contributed by atoms with Gasteiger partial charge < -0.3 is 9.47 Å². The van der Waals surface area contributed by atoms with Crippen LogP contribution >= 0.6 is 27.7 Å². The van der Waals surface area contributed by atoms with Crippen LogP contribution in [-0.2, 0) is 20.9 Å². The summed E-state index contributed by atoms with van der Waals surface area (Å²) in [6, 6.07) is 18.7. The molecule has 3 aromatic rings. The van der Waals surface area contributed by atoms with Gasteiger partial charge in [-0.1, -0.05) is 52.3 Å². The minimum absolute atomic E-state index is 0.172. The summed E-state index contributed by atoms with van der Waals surface area (Å²) < 4.78 is 11.8. The Hall–Kier alpha value is -3.10. The Balaban J connectivity index is 1.56. The van der Waals surface area contributed by atoms with Crippen LogP contribution in [0.2, 0.25) is 0 Å². The molecule has 0 unspecified atom stereocenters. The number of amides is 2. The standard InChI is InChI=1S/C26H22BrNO5S/c1-3-32-25(30)16(2)28-24(29)23(34-26(28)31)14-20-13-21(27)10-11-22(20)33-15-17-8-9-18-6-4-5-7-19(18)12-17/h4-14,16H,3,15H2,1-2H3/b23-14+/t16-/m0/s1. The number of carbonyl (C=O) groups is 3. The van der Waals surface area contributed by atoms with Gasteiger partial charge in [-0.15, -0.1) is 0 Å². The molecular weight excluding hydrogens is 518 g/mol. The molecular formula is C26H22BrNO5S. The van der Waals surface area contributed by atoms with Gasteiger partial charge in [0, 0.05) is 10.0 Å². The number of imide groups is 1. The molecule has 1 aliphatic heterocycles. The van der Waals surface area contributed by atoms with Crippen molar-refractivity contribution < 1.29 is 23.9 Å². The van der Waals surface area contributed by atoms with Gasteiger partial charge in [-0.25, -0.2) is 4.79 Å². The molecule has 1 atom stereocenters. The quantitative estimate of drug-likeness (QED) is 0.264. The third-order valence-corrected chi connectivity index (χ3v) is 6.68. The van der Waals surface area contributed by atoms with Crippen LogP contribution in [0.3, 0.4) is 0 Å². The van der Waals surface area contributed by atoms with Crippen molar-refractivity contribution in [1.29, 1.82) is 0 Å². The number of benzene rings is 3. The van der Waals surface area contributed by atoms with E-state index in [1.54, 1.807) is 13.0 Å². The van der Waals surface area contributed by atoms with Gasteiger partial charge in [0.15, 0.2) is 0 Å². The van der Waals surface area contributed by atoms with Crippen LogP contribution in [0.5, 0.6) is 5.75 Å². The van der Waals surface area contributed by atoms with Gasteiger partial charge in [-0.3, -0.25) is 14.5 Å². The van der Waals surface area contributed by atoms with E-state index in [9.17, 15) is 14.4 Å². The highest BCUT2D eigenvalue weighted by molar-refractivity contribution is 9.10. The monoisotopic (exact) mass is 539 g/mol. The Labute approximate surface area is 210 Å². The molecule has 174 valence electrons. The van der Waals surface area contributed by atoms with Crippen molar-refractivity contribution in [2.45, 2.75) is 26.5 Å². The predicted octanol–water partition coefficient (Wildman–Crippen LogP) is 6.17. The minimum atomic E-state index is -0.996. The molecule has 0 aliphatic carbocycles. The molecule has 3 aromatic carbocycles. The number of hydrogen-bond acceptors (Lipinski definition) is 6. The first kappa shape index (κ1) is 24.0. The first-order chi connectivity index (χ1) is 16.4. The zero-order chi connectivity index (χ0) is 24.2. The molecule has 8 heteroatoms. The lowest BCUT2D eigenvalue weighted by Gasteiger charge is -2.19. The number of esters is 1. The van der Waals surface area contributed by atoms with Crippen molar-refractivity contribution >= 4 is 61.7 Å². The zero-order valence-electron chi connectivity index (χ0n) is 18.6. The molecule has 4 rings (SSSR count). The van der Waals surface area contributed by atoms with Gasteiger partial charge in [0.05, 0.1) is 11.5 Å². The highest BCUT2D eigenvalue weighted by Crippen LogP contribution is 2.36. The van der Waals surface area contributed by atoms with E-state index in [0.29, 0.717) is 17.9 Å². The molecule has 34 heavy (non-hydrogen) atoms. The number of rotatable bonds is 7. The second-order valence-corrected chi connectivity index (χ2v) is 9.54. The molecule has 0 saturated carbocycles. The minimum Gasteiger partial charge on any atom is -0.488 e. The second kappa shape index (κ2) is 10.4. The van der Waals surface area contributed by atoms with E-state index in [0.717, 1.165) is 37.5 Å². The van der Waals surface area contributed by atoms with Crippen LogP contribution < -0.4 is 4.74 Å². The third-order valence-electron chi connectivity index (χ3n) is 5.31. The largest absolute Gasteiger partial charge is 0.488 e. The van der Waals surface area contributed by atoms with Crippen molar-refractivity contribution in [3.05, 3.63) is 81.2 Å². The fraction of sp³-hybridized carbons (Fsp3) is 0.192. The molecule has 0 radical (unpaired) electrons. The van der Waals surface area contributed by atoms with Crippen LogP contribution in [0.25, 0.3) is 16.8 Å². The molecule has 1 aliphatic rings. The molecule has 6 nitrogen and oxygen atoms in total. The average molecular weight is 540 g/mol. The molecule has 1 saturated heterocycles. The maximum atomic E-state index is 12.9. The predicted molar refractivity (Wildman–Crippen MR) is 136 cm³/mol. The van der Waals surface area contributed by atoms with E-state index in [-0.39, 0.29) is 11.5 Å². The number of fused-ring (bicyclic) bond motifs is 1. The van der Waals surface area contributed by atoms with Gasteiger partial charge in [0.1, 0.15) is 18.4 Å². The van der Waals surface area contributed by atoms with E-state index in [1.165, 1.54) is 6.92 Å². The Morgan fingerprint density at radius 1 is 1.09 bits per heavy atom. The molecule has 0 N–H and O–H groups in total. The fourth-order valence-electron chi connectivity index (χ4n) is 3.58. The highest BCUT2D eigenvalue weighted by atomic mass is 79.9. The summed E-state index contributed by atoms with van der Waals surface area (Å²) in [6.45, 7) is 3.67. The zero-order valence-corrected chi connectivity index (χ0v) is 21.0. The molecule has 0 bridgehead atoms. The summed E-state index contributed by atoms with van der Waals surface area (Å²) in [5.74, 6) is -0.578. The first-order valence-corrected chi connectivity index (χ1v) is 12.3. The molecule has 2 amide bonds. The van der Waals surface area contributed by atoms with Crippen LogP contribution in [0.15, 0.2) is 70.0 Å². The maximum Gasteiger partial charge on any atom is 0.329 e.